The van der Waals surface area contributed by atoms with Crippen molar-refractivity contribution in [1.29, 1.82) is 0 Å². The summed E-state index contributed by atoms with van der Waals surface area (Å²) in [6.45, 7) is 0.255. The van der Waals surface area contributed by atoms with E-state index in [0.29, 0.717) is 5.17 Å². The van der Waals surface area contributed by atoms with Gasteiger partial charge in [-0.25, -0.2) is 4.99 Å². The summed E-state index contributed by atoms with van der Waals surface area (Å²) in [5.41, 5.74) is 5.69. The fourth-order valence-corrected chi connectivity index (χ4v) is 2.13. The first-order valence-corrected chi connectivity index (χ1v) is 6.57. The van der Waals surface area contributed by atoms with Gasteiger partial charge in [0, 0.05) is 7.05 Å². The molecule has 0 aromatic carbocycles. The molecule has 1 aliphatic rings. The summed E-state index contributed by atoms with van der Waals surface area (Å²) in [7, 11) is -2.55. The molecule has 4 N–H and O–H groups in total. The maximum atomic E-state index is 10.6. The molecule has 0 fully saturated rings. The van der Waals surface area contributed by atoms with Gasteiger partial charge in [-0.1, -0.05) is 11.8 Å². The van der Waals surface area contributed by atoms with E-state index in [1.54, 1.807) is 11.9 Å². The van der Waals surface area contributed by atoms with E-state index in [-0.39, 0.29) is 18.1 Å². The van der Waals surface area contributed by atoms with E-state index in [1.807, 2.05) is 11.0 Å². The van der Waals surface area contributed by atoms with Crippen molar-refractivity contribution < 1.29 is 13.0 Å². The Morgan fingerprint density at radius 2 is 2.27 bits per heavy atom. The first-order valence-electron chi connectivity index (χ1n) is 3.91. The van der Waals surface area contributed by atoms with Crippen LogP contribution in [0.5, 0.6) is 0 Å². The van der Waals surface area contributed by atoms with Gasteiger partial charge in [0.15, 0.2) is 5.17 Å². The molecular formula is C6H12N4O3S2. The van der Waals surface area contributed by atoms with Crippen LogP contribution < -0.4 is 10.5 Å². The zero-order chi connectivity index (χ0) is 11.6. The fourth-order valence-electron chi connectivity index (χ4n) is 1.08. The van der Waals surface area contributed by atoms with Gasteiger partial charge in [0.05, 0.1) is 12.2 Å². The van der Waals surface area contributed by atoms with Crippen LogP contribution in [0.3, 0.4) is 0 Å². The number of thioether (sulfide) groups is 1. The number of rotatable bonds is 2. The number of nitrogens with two attached hydrogens (primary N) is 1. The number of nitrogens with zero attached hydrogens (tertiary/aromatic N) is 2. The van der Waals surface area contributed by atoms with Crippen molar-refractivity contribution in [3.8, 4) is 0 Å². The molecule has 86 valence electrons. The van der Waals surface area contributed by atoms with E-state index >= 15 is 0 Å². The highest BCUT2D eigenvalue weighted by Gasteiger charge is 2.19. The zero-order valence-corrected chi connectivity index (χ0v) is 9.89. The van der Waals surface area contributed by atoms with Crippen molar-refractivity contribution in [2.24, 2.45) is 10.7 Å². The minimum atomic E-state index is -4.29. The summed E-state index contributed by atoms with van der Waals surface area (Å²) in [6.07, 6.45) is 1.84. The molecule has 0 aromatic heterocycles. The summed E-state index contributed by atoms with van der Waals surface area (Å²) in [6, 6.07) is 0. The number of aliphatic imine (C=N–C) groups is 1. The molecule has 0 aromatic rings. The van der Waals surface area contributed by atoms with Crippen LogP contribution in [-0.4, -0.2) is 42.9 Å². The predicted octanol–water partition coefficient (Wildman–Crippen LogP) is -0.829. The maximum absolute atomic E-state index is 10.6. The molecular weight excluding hydrogens is 240 g/mol. The SMILES string of the molecule is CSC1=NC(N)=C(NS(=O)(=O)O)CN1C. The molecule has 9 heteroatoms. The Morgan fingerprint density at radius 1 is 1.67 bits per heavy atom. The molecule has 0 aliphatic carbocycles. The van der Waals surface area contributed by atoms with Crippen LogP contribution in [0.15, 0.2) is 16.5 Å². The molecule has 1 aliphatic heterocycles. The van der Waals surface area contributed by atoms with Gasteiger partial charge in [0.2, 0.25) is 0 Å². The summed E-state index contributed by atoms with van der Waals surface area (Å²) in [5.74, 6) is 0.0649. The number of likely N-dealkylation sites (N-methyl/N-ethyl adjacent to an activating group) is 1. The third-order valence-corrected chi connectivity index (χ3v) is 2.95. The first kappa shape index (κ1) is 12.1. The van der Waals surface area contributed by atoms with Crippen molar-refractivity contribution in [3.05, 3.63) is 11.5 Å². The van der Waals surface area contributed by atoms with E-state index < -0.39 is 10.3 Å². The largest absolute Gasteiger partial charge is 0.382 e. The van der Waals surface area contributed by atoms with Gasteiger partial charge < -0.3 is 10.6 Å². The molecule has 0 saturated heterocycles. The third-order valence-electron chi connectivity index (χ3n) is 1.68. The maximum Gasteiger partial charge on any atom is 0.357 e. The highest BCUT2D eigenvalue weighted by Crippen LogP contribution is 2.14. The molecule has 1 heterocycles. The smallest absolute Gasteiger partial charge is 0.357 e. The van der Waals surface area contributed by atoms with Gasteiger partial charge >= 0.3 is 10.3 Å². The number of hydrogen-bond donors (Lipinski definition) is 3. The van der Waals surface area contributed by atoms with E-state index in [2.05, 4.69) is 4.99 Å². The molecule has 0 atom stereocenters. The first-order chi connectivity index (χ1) is 6.83. The fraction of sp³-hybridized carbons (Fsp3) is 0.500. The van der Waals surface area contributed by atoms with Crippen LogP contribution in [-0.2, 0) is 10.3 Å². The van der Waals surface area contributed by atoms with Crippen molar-refractivity contribution in [2.75, 3.05) is 19.8 Å². The minimum Gasteiger partial charge on any atom is -0.382 e. The Bertz CT molecular complexity index is 414. The predicted molar refractivity (Wildman–Crippen MR) is 59.5 cm³/mol. The third kappa shape index (κ3) is 3.29. The van der Waals surface area contributed by atoms with Crippen LogP contribution in [0.1, 0.15) is 0 Å². The van der Waals surface area contributed by atoms with Gasteiger partial charge in [-0.05, 0) is 6.26 Å². The molecule has 0 unspecified atom stereocenters. The molecule has 0 radical (unpaired) electrons. The zero-order valence-electron chi connectivity index (χ0n) is 8.26. The van der Waals surface area contributed by atoms with E-state index in [4.69, 9.17) is 10.3 Å². The molecule has 7 nitrogen and oxygen atoms in total. The van der Waals surface area contributed by atoms with Crippen LogP contribution in [0.2, 0.25) is 0 Å². The van der Waals surface area contributed by atoms with Gasteiger partial charge in [0.25, 0.3) is 0 Å². The summed E-state index contributed by atoms with van der Waals surface area (Å²) >= 11 is 1.40. The topological polar surface area (TPSA) is 108 Å². The molecule has 0 saturated carbocycles. The Hall–Kier alpha value is -0.930. The van der Waals surface area contributed by atoms with Crippen LogP contribution in [0.4, 0.5) is 0 Å². The van der Waals surface area contributed by atoms with Crippen molar-refractivity contribution in [3.63, 3.8) is 0 Å². The van der Waals surface area contributed by atoms with Crippen LogP contribution in [0, 0.1) is 0 Å². The average Bonchev–Trinajstić information content (AvgIpc) is 2.08. The van der Waals surface area contributed by atoms with Crippen molar-refractivity contribution in [2.45, 2.75) is 0 Å². The number of amidine groups is 1. The lowest BCUT2D eigenvalue weighted by atomic mass is 10.4. The van der Waals surface area contributed by atoms with Gasteiger partial charge in [-0.3, -0.25) is 9.27 Å². The van der Waals surface area contributed by atoms with Gasteiger partial charge in [-0.2, -0.15) is 8.42 Å². The van der Waals surface area contributed by atoms with Gasteiger partial charge in [-0.15, -0.1) is 0 Å². The normalized spacial score (nSPS) is 17.8. The van der Waals surface area contributed by atoms with E-state index in [0.717, 1.165) is 0 Å². The molecule has 0 amide bonds. The second kappa shape index (κ2) is 4.29. The lowest BCUT2D eigenvalue weighted by Crippen LogP contribution is -2.38. The van der Waals surface area contributed by atoms with Crippen LogP contribution >= 0.6 is 11.8 Å². The quantitative estimate of drug-likeness (QED) is 0.554. The highest BCUT2D eigenvalue weighted by molar-refractivity contribution is 8.13. The number of nitrogens with one attached hydrogen (secondary N) is 1. The Kier molecular flexibility index (Phi) is 3.47. The van der Waals surface area contributed by atoms with E-state index in [9.17, 15) is 8.42 Å². The van der Waals surface area contributed by atoms with E-state index in [1.165, 1.54) is 11.8 Å². The van der Waals surface area contributed by atoms with Crippen molar-refractivity contribution >= 4 is 27.2 Å². The molecule has 0 bridgehead atoms. The van der Waals surface area contributed by atoms with Crippen LogP contribution in [0.25, 0.3) is 0 Å². The number of hydrogen-bond acceptors (Lipinski definition) is 6. The summed E-state index contributed by atoms with van der Waals surface area (Å²) < 4.78 is 31.7. The highest BCUT2D eigenvalue weighted by atomic mass is 32.2. The lowest BCUT2D eigenvalue weighted by Gasteiger charge is -2.25. The monoisotopic (exact) mass is 252 g/mol. The molecule has 15 heavy (non-hydrogen) atoms. The summed E-state index contributed by atoms with van der Waals surface area (Å²) in [4.78, 5) is 5.69. The average molecular weight is 252 g/mol. The molecule has 1 rings (SSSR count). The lowest BCUT2D eigenvalue weighted by molar-refractivity contribution is 0.465. The molecule has 0 spiro atoms. The Labute approximate surface area is 92.3 Å². The minimum absolute atomic E-state index is 0.0649. The second-order valence-electron chi connectivity index (χ2n) is 2.90. The Balaban J connectivity index is 2.96. The van der Waals surface area contributed by atoms with Crippen molar-refractivity contribution in [1.82, 2.24) is 9.62 Å². The van der Waals surface area contributed by atoms with Gasteiger partial charge in [0.1, 0.15) is 5.82 Å². The summed E-state index contributed by atoms with van der Waals surface area (Å²) in [5, 5.41) is 0.688. The Morgan fingerprint density at radius 3 is 2.73 bits per heavy atom. The standard InChI is InChI=1S/C6H12N4O3S2/c1-10-3-4(9-15(11,12)13)5(7)8-6(10)14-2/h9H,3,7H2,1-2H3,(H,11,12,13). The second-order valence-corrected chi connectivity index (χ2v) is 4.82.